The predicted molar refractivity (Wildman–Crippen MR) is 97.5 cm³/mol. The number of thioether (sulfide) groups is 1. The normalized spacial score (nSPS) is 11.6. The van der Waals surface area contributed by atoms with Gasteiger partial charge in [-0.3, -0.25) is 19.1 Å². The number of anilines is 1. The van der Waals surface area contributed by atoms with E-state index in [2.05, 4.69) is 0 Å². The first-order chi connectivity index (χ1) is 12.6. The molecule has 6 nitrogen and oxygen atoms in total. The van der Waals surface area contributed by atoms with Crippen LogP contribution in [0, 0.1) is 0 Å². The average Bonchev–Trinajstić information content (AvgIpc) is 2.56. The molecule has 2 rings (SSSR count). The van der Waals surface area contributed by atoms with Gasteiger partial charge >= 0.3 is 11.9 Å². The van der Waals surface area contributed by atoms with Gasteiger partial charge in [-0.05, 0) is 24.6 Å². The Morgan fingerprint density at radius 1 is 1.33 bits per heavy atom. The smallest absolute Gasteiger partial charge is 0.384 e. The molecule has 1 aromatic carbocycles. The molecule has 27 heavy (non-hydrogen) atoms. The van der Waals surface area contributed by atoms with E-state index in [1.54, 1.807) is 6.92 Å². The molecule has 0 radical (unpaired) electrons. The average molecular weight is 422 g/mol. The number of carbonyl (C=O) groups is 1. The van der Waals surface area contributed by atoms with Crippen LogP contribution in [0.1, 0.15) is 29.3 Å². The van der Waals surface area contributed by atoms with Crippen molar-refractivity contribution in [3.05, 3.63) is 55.2 Å². The number of aromatic amines is 1. The van der Waals surface area contributed by atoms with E-state index >= 15 is 0 Å². The van der Waals surface area contributed by atoms with Gasteiger partial charge in [0.1, 0.15) is 11.4 Å². The molecule has 0 saturated carbocycles. The molecule has 146 valence electrons. The number of nitrogens with two attached hydrogens (primary N) is 1. The third-order valence-electron chi connectivity index (χ3n) is 3.58. The number of alkyl halides is 3. The number of nitrogens with zero attached hydrogens (tertiary/aromatic N) is 1. The Morgan fingerprint density at radius 2 is 2.00 bits per heavy atom. The predicted octanol–water partition coefficient (Wildman–Crippen LogP) is 3.18. The minimum absolute atomic E-state index is 0.150. The number of carbonyl (C=O) groups excluding carboxylic acids is 1. The van der Waals surface area contributed by atoms with Crippen molar-refractivity contribution in [3.63, 3.8) is 0 Å². The molecule has 3 N–H and O–H groups in total. The highest BCUT2D eigenvalue weighted by Crippen LogP contribution is 2.37. The van der Waals surface area contributed by atoms with Crippen molar-refractivity contribution in [2.75, 3.05) is 11.5 Å². The van der Waals surface area contributed by atoms with Gasteiger partial charge in [0.2, 0.25) is 0 Å². The van der Waals surface area contributed by atoms with E-state index < -0.39 is 33.8 Å². The van der Waals surface area contributed by atoms with Crippen LogP contribution in [0.5, 0.6) is 0 Å². The van der Waals surface area contributed by atoms with Crippen molar-refractivity contribution in [2.45, 2.75) is 31.0 Å². The highest BCUT2D eigenvalue weighted by atomic mass is 35.5. The minimum atomic E-state index is -4.63. The second kappa shape index (κ2) is 8.22. The maximum absolute atomic E-state index is 12.9. The number of ketones is 1. The minimum Gasteiger partial charge on any atom is -0.384 e. The molecular weight excluding hydrogens is 407 g/mol. The molecule has 2 aromatic rings. The Balaban J connectivity index is 2.28. The van der Waals surface area contributed by atoms with Crippen LogP contribution in [-0.4, -0.2) is 21.1 Å². The number of hydrogen-bond acceptors (Lipinski definition) is 5. The van der Waals surface area contributed by atoms with Crippen LogP contribution in [0.3, 0.4) is 0 Å². The molecule has 1 heterocycles. The summed E-state index contributed by atoms with van der Waals surface area (Å²) in [5, 5.41) is -0.453. The second-order valence-corrected chi connectivity index (χ2v) is 6.98. The van der Waals surface area contributed by atoms with Gasteiger partial charge in [-0.2, -0.15) is 13.2 Å². The van der Waals surface area contributed by atoms with Crippen molar-refractivity contribution in [1.82, 2.24) is 9.55 Å². The Bertz CT molecular complexity index is 986. The Labute approximate surface area is 160 Å². The summed E-state index contributed by atoms with van der Waals surface area (Å²) in [7, 11) is 0. The van der Waals surface area contributed by atoms with Crippen LogP contribution in [0.2, 0.25) is 5.02 Å². The topological polar surface area (TPSA) is 97.9 Å². The molecule has 11 heteroatoms. The largest absolute Gasteiger partial charge is 0.417 e. The number of H-pyrrole nitrogens is 1. The van der Waals surface area contributed by atoms with Gasteiger partial charge in [-0.15, -0.1) is 11.8 Å². The van der Waals surface area contributed by atoms with E-state index in [0.29, 0.717) is 6.42 Å². The Morgan fingerprint density at radius 3 is 2.59 bits per heavy atom. The van der Waals surface area contributed by atoms with E-state index in [9.17, 15) is 27.6 Å². The highest BCUT2D eigenvalue weighted by Gasteiger charge is 2.33. The first kappa shape index (κ1) is 21.1. The van der Waals surface area contributed by atoms with Crippen LogP contribution < -0.4 is 17.0 Å². The van der Waals surface area contributed by atoms with Crippen LogP contribution in [0.15, 0.2) is 32.7 Å². The number of nitrogen functional groups attached to an aromatic ring is 1. The zero-order chi connectivity index (χ0) is 20.4. The quantitative estimate of drug-likeness (QED) is 0.551. The number of Topliss-reactive ketones (excluding diaryl/α,β-unsaturated/α-hetero) is 1. The van der Waals surface area contributed by atoms with Crippen LogP contribution in [-0.2, 0) is 12.7 Å². The number of aromatic nitrogens is 2. The summed E-state index contributed by atoms with van der Waals surface area (Å²) < 4.78 is 39.8. The number of rotatable bonds is 6. The van der Waals surface area contributed by atoms with Crippen molar-refractivity contribution in [3.8, 4) is 0 Å². The van der Waals surface area contributed by atoms with E-state index in [1.807, 2.05) is 4.98 Å². The maximum Gasteiger partial charge on any atom is 0.417 e. The van der Waals surface area contributed by atoms with Gasteiger partial charge < -0.3 is 5.73 Å². The van der Waals surface area contributed by atoms with Gasteiger partial charge in [-0.25, -0.2) is 4.79 Å². The first-order valence-corrected chi connectivity index (χ1v) is 9.08. The van der Waals surface area contributed by atoms with Crippen molar-refractivity contribution < 1.29 is 18.0 Å². The lowest BCUT2D eigenvalue weighted by molar-refractivity contribution is -0.137. The lowest BCUT2D eigenvalue weighted by Crippen LogP contribution is -2.36. The fraction of sp³-hybridized carbons (Fsp3) is 0.312. The molecule has 0 unspecified atom stereocenters. The zero-order valence-electron chi connectivity index (χ0n) is 14.0. The molecule has 0 amide bonds. The number of nitrogens with one attached hydrogen (secondary N) is 1. The molecule has 0 atom stereocenters. The Kier molecular flexibility index (Phi) is 6.42. The summed E-state index contributed by atoms with van der Waals surface area (Å²) in [6.45, 7) is 1.99. The van der Waals surface area contributed by atoms with E-state index in [-0.39, 0.29) is 28.6 Å². The molecule has 0 aliphatic rings. The van der Waals surface area contributed by atoms with E-state index in [1.165, 1.54) is 6.07 Å². The van der Waals surface area contributed by atoms with Crippen LogP contribution in [0.4, 0.5) is 19.0 Å². The number of hydrogen-bond donors (Lipinski definition) is 2. The zero-order valence-corrected chi connectivity index (χ0v) is 15.6. The molecule has 0 fully saturated rings. The van der Waals surface area contributed by atoms with Gasteiger partial charge in [-0.1, -0.05) is 18.5 Å². The molecular formula is C16H15ClF3N3O3S. The summed E-state index contributed by atoms with van der Waals surface area (Å²) in [6.07, 6.45) is -4.08. The van der Waals surface area contributed by atoms with Crippen molar-refractivity contribution in [2.24, 2.45) is 0 Å². The van der Waals surface area contributed by atoms with Crippen LogP contribution in [0.25, 0.3) is 0 Å². The maximum atomic E-state index is 12.9. The summed E-state index contributed by atoms with van der Waals surface area (Å²) >= 11 is 6.35. The highest BCUT2D eigenvalue weighted by molar-refractivity contribution is 8.00. The molecule has 0 aliphatic heterocycles. The van der Waals surface area contributed by atoms with Gasteiger partial charge in [0.15, 0.2) is 5.78 Å². The molecule has 0 aliphatic carbocycles. The van der Waals surface area contributed by atoms with Gasteiger partial charge in [0.05, 0.1) is 16.3 Å². The number of benzene rings is 1. The van der Waals surface area contributed by atoms with Crippen LogP contribution >= 0.6 is 23.4 Å². The third kappa shape index (κ3) is 4.75. The lowest BCUT2D eigenvalue weighted by Gasteiger charge is -2.12. The lowest BCUT2D eigenvalue weighted by atomic mass is 10.2. The molecule has 1 aromatic heterocycles. The standard InChI is InChI=1S/C16H15ClF3N3O3S/c1-2-5-23-13(21)12(14(25)22-15(23)26)11(24)7-27-8-3-4-10(17)9(6-8)16(18,19)20/h3-4,6H,2,5,7,21H2,1H3,(H,22,25,26). The summed E-state index contributed by atoms with van der Waals surface area (Å²) in [5.41, 5.74) is 2.73. The van der Waals surface area contributed by atoms with Gasteiger partial charge in [0.25, 0.3) is 5.56 Å². The van der Waals surface area contributed by atoms with Gasteiger partial charge in [0, 0.05) is 11.4 Å². The fourth-order valence-electron chi connectivity index (χ4n) is 2.34. The summed E-state index contributed by atoms with van der Waals surface area (Å²) in [4.78, 5) is 38.3. The third-order valence-corrected chi connectivity index (χ3v) is 4.90. The first-order valence-electron chi connectivity index (χ1n) is 7.71. The monoisotopic (exact) mass is 421 g/mol. The fourth-order valence-corrected chi connectivity index (χ4v) is 3.37. The summed E-state index contributed by atoms with van der Waals surface area (Å²) in [5.74, 6) is -1.30. The second-order valence-electron chi connectivity index (χ2n) is 5.52. The van der Waals surface area contributed by atoms with Crippen molar-refractivity contribution >= 4 is 35.0 Å². The molecule has 0 saturated heterocycles. The SMILES string of the molecule is CCCn1c(N)c(C(=O)CSc2ccc(Cl)c(C(F)(F)F)c2)c(=O)[nH]c1=O. The number of halogens is 4. The molecule has 0 bridgehead atoms. The summed E-state index contributed by atoms with van der Waals surface area (Å²) in [6, 6.07) is 3.24. The van der Waals surface area contributed by atoms with Crippen molar-refractivity contribution in [1.29, 1.82) is 0 Å². The molecule has 0 spiro atoms. The van der Waals surface area contributed by atoms with E-state index in [0.717, 1.165) is 28.5 Å². The van der Waals surface area contributed by atoms with E-state index in [4.69, 9.17) is 17.3 Å². The Hall–Kier alpha value is -2.20.